The number of carbonyl (C=O) groups excluding carboxylic acids is 1. The van der Waals surface area contributed by atoms with Gasteiger partial charge in [-0.25, -0.2) is 14.5 Å². The molecule has 7 heteroatoms. The van der Waals surface area contributed by atoms with Crippen molar-refractivity contribution in [2.45, 2.75) is 45.7 Å². The van der Waals surface area contributed by atoms with Crippen LogP contribution in [0.3, 0.4) is 0 Å². The third kappa shape index (κ3) is 2.86. The van der Waals surface area contributed by atoms with E-state index in [4.69, 9.17) is 0 Å². The van der Waals surface area contributed by atoms with Crippen LogP contribution >= 0.6 is 0 Å². The molecule has 0 bridgehead atoms. The molecule has 0 spiro atoms. The highest BCUT2D eigenvalue weighted by Crippen LogP contribution is 2.25. The molecule has 0 saturated carbocycles. The van der Waals surface area contributed by atoms with Gasteiger partial charge in [0, 0.05) is 24.2 Å². The Balaban J connectivity index is 1.91. The molecule has 1 aliphatic rings. The van der Waals surface area contributed by atoms with Gasteiger partial charge >= 0.3 is 5.97 Å². The summed E-state index contributed by atoms with van der Waals surface area (Å²) < 4.78 is 1.80. The van der Waals surface area contributed by atoms with Crippen molar-refractivity contribution in [3.05, 3.63) is 24.0 Å². The quantitative estimate of drug-likeness (QED) is 0.933. The van der Waals surface area contributed by atoms with Gasteiger partial charge in [-0.05, 0) is 38.7 Å². The summed E-state index contributed by atoms with van der Waals surface area (Å²) in [6.07, 6.45) is 4.51. The molecule has 1 amide bonds. The molecule has 3 heterocycles. The second-order valence-corrected chi connectivity index (χ2v) is 6.80. The van der Waals surface area contributed by atoms with Gasteiger partial charge in [0.2, 0.25) is 0 Å². The highest BCUT2D eigenvalue weighted by molar-refractivity contribution is 5.98. The predicted molar refractivity (Wildman–Crippen MR) is 88.8 cm³/mol. The molecule has 24 heavy (non-hydrogen) atoms. The minimum Gasteiger partial charge on any atom is -0.480 e. The number of piperidine rings is 1. The van der Waals surface area contributed by atoms with E-state index in [1.807, 2.05) is 20.8 Å². The number of nitrogens with zero attached hydrogens (tertiary/aromatic N) is 4. The maximum Gasteiger partial charge on any atom is 0.326 e. The summed E-state index contributed by atoms with van der Waals surface area (Å²) >= 11 is 0. The third-order valence-corrected chi connectivity index (χ3v) is 4.58. The Labute approximate surface area is 140 Å². The van der Waals surface area contributed by atoms with Crippen LogP contribution in [0.15, 0.2) is 18.5 Å². The van der Waals surface area contributed by atoms with Crippen molar-refractivity contribution >= 4 is 22.9 Å². The van der Waals surface area contributed by atoms with Gasteiger partial charge in [0.15, 0.2) is 5.65 Å². The number of hydrogen-bond acceptors (Lipinski definition) is 4. The summed E-state index contributed by atoms with van der Waals surface area (Å²) in [5.41, 5.74) is 1.13. The molecule has 1 aliphatic heterocycles. The summed E-state index contributed by atoms with van der Waals surface area (Å²) in [6.45, 7) is 6.50. The SMILES string of the molecule is CC1CCN(C(=O)c2cnc3c(cnn3C(C)C)c2)C(C(=O)O)C1. The van der Waals surface area contributed by atoms with Crippen molar-refractivity contribution in [2.24, 2.45) is 5.92 Å². The molecule has 1 N–H and O–H groups in total. The Morgan fingerprint density at radius 3 is 2.75 bits per heavy atom. The number of carbonyl (C=O) groups is 2. The molecule has 0 radical (unpaired) electrons. The fourth-order valence-corrected chi connectivity index (χ4v) is 3.22. The zero-order chi connectivity index (χ0) is 17.4. The summed E-state index contributed by atoms with van der Waals surface area (Å²) in [4.78, 5) is 30.1. The van der Waals surface area contributed by atoms with E-state index in [-0.39, 0.29) is 11.9 Å². The zero-order valence-corrected chi connectivity index (χ0v) is 14.1. The van der Waals surface area contributed by atoms with Crippen molar-refractivity contribution in [3.8, 4) is 0 Å². The smallest absolute Gasteiger partial charge is 0.326 e. The second kappa shape index (κ2) is 6.22. The van der Waals surface area contributed by atoms with Crippen LogP contribution in [0.1, 0.15) is 50.0 Å². The van der Waals surface area contributed by atoms with Crippen LogP contribution < -0.4 is 0 Å². The van der Waals surface area contributed by atoms with Crippen LogP contribution in [0.2, 0.25) is 0 Å². The van der Waals surface area contributed by atoms with Crippen LogP contribution in [0.4, 0.5) is 0 Å². The maximum absolute atomic E-state index is 12.8. The number of aliphatic carboxylic acids is 1. The topological polar surface area (TPSA) is 88.3 Å². The molecule has 1 fully saturated rings. The molecule has 0 aliphatic carbocycles. The lowest BCUT2D eigenvalue weighted by molar-refractivity contribution is -0.144. The molecule has 2 atom stereocenters. The van der Waals surface area contributed by atoms with Gasteiger partial charge in [-0.3, -0.25) is 4.79 Å². The van der Waals surface area contributed by atoms with Gasteiger partial charge in [-0.2, -0.15) is 5.10 Å². The fourth-order valence-electron chi connectivity index (χ4n) is 3.22. The summed E-state index contributed by atoms with van der Waals surface area (Å²) in [7, 11) is 0. The first-order valence-corrected chi connectivity index (χ1v) is 8.25. The molecule has 7 nitrogen and oxygen atoms in total. The standard InChI is InChI=1S/C17H22N4O3/c1-10(2)21-15-12(9-19-21)7-13(8-18-15)16(22)20-5-4-11(3)6-14(20)17(23)24/h7-11,14H,4-6H2,1-3H3,(H,23,24). The number of rotatable bonds is 3. The Morgan fingerprint density at radius 1 is 1.33 bits per heavy atom. The molecule has 0 aromatic carbocycles. The van der Waals surface area contributed by atoms with Crippen molar-refractivity contribution in [1.29, 1.82) is 0 Å². The number of amides is 1. The Kier molecular flexibility index (Phi) is 4.26. The highest BCUT2D eigenvalue weighted by Gasteiger charge is 2.35. The van der Waals surface area contributed by atoms with E-state index in [1.165, 1.54) is 11.1 Å². The minimum atomic E-state index is -0.948. The van der Waals surface area contributed by atoms with Crippen LogP contribution in [0.25, 0.3) is 11.0 Å². The van der Waals surface area contributed by atoms with E-state index in [2.05, 4.69) is 10.1 Å². The number of fused-ring (bicyclic) bond motifs is 1. The molecule has 3 rings (SSSR count). The van der Waals surface area contributed by atoms with Crippen molar-refractivity contribution in [3.63, 3.8) is 0 Å². The van der Waals surface area contributed by atoms with E-state index in [0.29, 0.717) is 24.4 Å². The molecule has 2 aromatic rings. The lowest BCUT2D eigenvalue weighted by atomic mass is 9.92. The predicted octanol–water partition coefficient (Wildman–Crippen LogP) is 2.34. The number of hydrogen-bond donors (Lipinski definition) is 1. The van der Waals surface area contributed by atoms with E-state index in [9.17, 15) is 14.7 Å². The Hall–Kier alpha value is -2.44. The second-order valence-electron chi connectivity index (χ2n) is 6.80. The maximum atomic E-state index is 12.8. The van der Waals surface area contributed by atoms with Crippen LogP contribution in [-0.4, -0.2) is 49.2 Å². The van der Waals surface area contributed by atoms with Gasteiger partial charge < -0.3 is 10.0 Å². The van der Waals surface area contributed by atoms with Gasteiger partial charge in [0.25, 0.3) is 5.91 Å². The van der Waals surface area contributed by atoms with Gasteiger partial charge in [-0.1, -0.05) is 6.92 Å². The minimum absolute atomic E-state index is 0.177. The molecular weight excluding hydrogens is 308 g/mol. The molecular formula is C17H22N4O3. The summed E-state index contributed by atoms with van der Waals surface area (Å²) in [5, 5.41) is 14.5. The summed E-state index contributed by atoms with van der Waals surface area (Å²) in [5.74, 6) is -0.919. The monoisotopic (exact) mass is 330 g/mol. The van der Waals surface area contributed by atoms with Gasteiger partial charge in [0.05, 0.1) is 11.8 Å². The highest BCUT2D eigenvalue weighted by atomic mass is 16.4. The van der Waals surface area contributed by atoms with Crippen LogP contribution in [-0.2, 0) is 4.79 Å². The van der Waals surface area contributed by atoms with Crippen LogP contribution in [0.5, 0.6) is 0 Å². The molecule has 1 saturated heterocycles. The first-order valence-electron chi connectivity index (χ1n) is 8.25. The molecule has 2 unspecified atom stereocenters. The number of aromatic nitrogens is 3. The number of carboxylic acid groups (broad SMARTS) is 1. The molecule has 2 aromatic heterocycles. The third-order valence-electron chi connectivity index (χ3n) is 4.58. The van der Waals surface area contributed by atoms with Gasteiger partial charge in [0.1, 0.15) is 6.04 Å². The van der Waals surface area contributed by atoms with Crippen LogP contribution in [0, 0.1) is 5.92 Å². The Bertz CT molecular complexity index is 783. The largest absolute Gasteiger partial charge is 0.480 e. The Morgan fingerprint density at radius 2 is 2.08 bits per heavy atom. The van der Waals surface area contributed by atoms with E-state index >= 15 is 0 Å². The first-order chi connectivity index (χ1) is 11.4. The number of carboxylic acids is 1. The summed E-state index contributed by atoms with van der Waals surface area (Å²) in [6, 6.07) is 1.15. The van der Waals surface area contributed by atoms with E-state index < -0.39 is 12.0 Å². The average molecular weight is 330 g/mol. The average Bonchev–Trinajstić information content (AvgIpc) is 2.97. The van der Waals surface area contributed by atoms with Gasteiger partial charge in [-0.15, -0.1) is 0 Å². The fraction of sp³-hybridized carbons (Fsp3) is 0.529. The lowest BCUT2D eigenvalue weighted by Crippen LogP contribution is -2.49. The molecule has 128 valence electrons. The zero-order valence-electron chi connectivity index (χ0n) is 14.1. The number of likely N-dealkylation sites (tertiary alicyclic amines) is 1. The normalized spacial score (nSPS) is 21.4. The number of pyridine rings is 1. The van der Waals surface area contributed by atoms with Crippen molar-refractivity contribution < 1.29 is 14.7 Å². The first kappa shape index (κ1) is 16.4. The lowest BCUT2D eigenvalue weighted by Gasteiger charge is -2.36. The van der Waals surface area contributed by atoms with Crippen molar-refractivity contribution in [2.75, 3.05) is 6.54 Å². The van der Waals surface area contributed by atoms with Crippen molar-refractivity contribution in [1.82, 2.24) is 19.7 Å². The van der Waals surface area contributed by atoms with E-state index in [1.54, 1.807) is 16.9 Å². The van der Waals surface area contributed by atoms with E-state index in [0.717, 1.165) is 17.5 Å².